The zero-order chi connectivity index (χ0) is 19.5. The summed E-state index contributed by atoms with van der Waals surface area (Å²) in [5.74, 6) is 0.214. The van der Waals surface area contributed by atoms with Crippen LogP contribution in [0.15, 0.2) is 0 Å². The third-order valence-corrected chi connectivity index (χ3v) is 5.45. The summed E-state index contributed by atoms with van der Waals surface area (Å²) < 4.78 is 13.1. The predicted octanol–water partition coefficient (Wildman–Crippen LogP) is 8.28. The molecule has 0 aliphatic heterocycles. The Morgan fingerprint density at radius 2 is 1.08 bits per heavy atom. The third-order valence-electron chi connectivity index (χ3n) is 5.45. The molecule has 0 bridgehead atoms. The molecule has 0 aromatic rings. The lowest BCUT2D eigenvalue weighted by Gasteiger charge is -2.41. The summed E-state index contributed by atoms with van der Waals surface area (Å²) in [6.45, 7) is 13.0. The summed E-state index contributed by atoms with van der Waals surface area (Å²) in [6, 6.07) is 0. The average Bonchev–Trinajstić information content (AvgIpc) is 2.64. The molecule has 0 N–H and O–H groups in total. The summed E-state index contributed by atoms with van der Waals surface area (Å²) in [6.07, 6.45) is 18.7. The third kappa shape index (κ3) is 11.6. The molecule has 0 amide bonds. The highest BCUT2D eigenvalue weighted by Gasteiger charge is 2.39. The highest BCUT2D eigenvalue weighted by atomic mass is 16.7. The molecule has 0 fully saturated rings. The Morgan fingerprint density at radius 1 is 0.538 bits per heavy atom. The maximum absolute atomic E-state index is 6.55. The number of hydrogen-bond acceptors (Lipinski definition) is 2. The van der Waals surface area contributed by atoms with Crippen molar-refractivity contribution in [1.82, 2.24) is 0 Å². The van der Waals surface area contributed by atoms with Gasteiger partial charge in [0.1, 0.15) is 0 Å². The molecule has 0 saturated heterocycles. The van der Waals surface area contributed by atoms with Gasteiger partial charge < -0.3 is 9.47 Å². The molecule has 0 aromatic heterocycles. The van der Waals surface area contributed by atoms with Crippen LogP contribution >= 0.6 is 0 Å². The van der Waals surface area contributed by atoms with Crippen LogP contribution in [0.25, 0.3) is 0 Å². The van der Waals surface area contributed by atoms with E-state index in [0.717, 1.165) is 38.9 Å². The Kier molecular flexibility index (Phi) is 18.2. The highest BCUT2D eigenvalue weighted by Crippen LogP contribution is 2.37. The van der Waals surface area contributed by atoms with Gasteiger partial charge in [0.15, 0.2) is 5.79 Å². The minimum atomic E-state index is -0.335. The summed E-state index contributed by atoms with van der Waals surface area (Å²) in [4.78, 5) is 0. The van der Waals surface area contributed by atoms with E-state index in [4.69, 9.17) is 9.47 Å². The molecule has 26 heavy (non-hydrogen) atoms. The fourth-order valence-electron chi connectivity index (χ4n) is 3.86. The summed E-state index contributed by atoms with van der Waals surface area (Å²) in [5.41, 5.74) is 0. The lowest BCUT2D eigenvalue weighted by atomic mass is 9.85. The number of rotatable bonds is 20. The van der Waals surface area contributed by atoms with Crippen molar-refractivity contribution in [1.29, 1.82) is 0 Å². The van der Waals surface area contributed by atoms with E-state index in [-0.39, 0.29) is 5.79 Å². The molecule has 158 valence electrons. The van der Waals surface area contributed by atoms with Crippen molar-refractivity contribution in [2.75, 3.05) is 13.2 Å². The summed E-state index contributed by atoms with van der Waals surface area (Å²) >= 11 is 0. The van der Waals surface area contributed by atoms with E-state index in [1.54, 1.807) is 0 Å². The van der Waals surface area contributed by atoms with E-state index >= 15 is 0 Å². The molecule has 0 aliphatic rings. The second-order valence-corrected chi connectivity index (χ2v) is 8.01. The van der Waals surface area contributed by atoms with Gasteiger partial charge in [-0.25, -0.2) is 0 Å². The van der Waals surface area contributed by atoms with Gasteiger partial charge in [-0.2, -0.15) is 0 Å². The Hall–Kier alpha value is -0.0800. The van der Waals surface area contributed by atoms with E-state index in [1.165, 1.54) is 70.6 Å². The maximum Gasteiger partial charge on any atom is 0.171 e. The first-order valence-electron chi connectivity index (χ1n) is 12.0. The first-order chi connectivity index (χ1) is 12.7. The second kappa shape index (κ2) is 18.3. The van der Waals surface area contributed by atoms with Crippen LogP contribution in [0.4, 0.5) is 0 Å². The van der Waals surface area contributed by atoms with Gasteiger partial charge in [0, 0.05) is 12.3 Å². The van der Waals surface area contributed by atoms with E-state index < -0.39 is 0 Å². The van der Waals surface area contributed by atoms with Crippen LogP contribution in [0, 0.1) is 5.92 Å². The predicted molar refractivity (Wildman–Crippen MR) is 116 cm³/mol. The van der Waals surface area contributed by atoms with E-state index in [9.17, 15) is 0 Å². The Bertz CT molecular complexity index is 267. The van der Waals surface area contributed by atoms with Crippen molar-refractivity contribution in [3.8, 4) is 0 Å². The van der Waals surface area contributed by atoms with Gasteiger partial charge in [0.2, 0.25) is 0 Å². The standard InChI is InChI=1S/C24H50O2/c1-6-11-14-15-16-17-19-23(18-9-4)24(20-10-5,25-21-12-7-2)26-22-13-8-3/h23H,6-22H2,1-5H3. The molecule has 0 rings (SSSR count). The number of hydrogen-bond donors (Lipinski definition) is 0. The maximum atomic E-state index is 6.55. The van der Waals surface area contributed by atoms with Crippen molar-refractivity contribution >= 4 is 0 Å². The number of unbranched alkanes of at least 4 members (excludes halogenated alkanes) is 7. The molecule has 0 aromatic carbocycles. The average molecular weight is 371 g/mol. The Balaban J connectivity index is 4.89. The zero-order valence-electron chi connectivity index (χ0n) is 18.9. The molecular formula is C24H50O2. The molecule has 0 saturated carbocycles. The quantitative estimate of drug-likeness (QED) is 0.158. The Labute approximate surface area is 165 Å². The van der Waals surface area contributed by atoms with Crippen LogP contribution < -0.4 is 0 Å². The molecule has 2 heteroatoms. The fraction of sp³-hybridized carbons (Fsp3) is 1.00. The van der Waals surface area contributed by atoms with Crippen LogP contribution in [-0.4, -0.2) is 19.0 Å². The van der Waals surface area contributed by atoms with Crippen molar-refractivity contribution in [3.63, 3.8) is 0 Å². The van der Waals surface area contributed by atoms with Gasteiger partial charge in [-0.15, -0.1) is 0 Å². The van der Waals surface area contributed by atoms with E-state index in [1.807, 2.05) is 0 Å². The van der Waals surface area contributed by atoms with Gasteiger partial charge in [0.25, 0.3) is 0 Å². The monoisotopic (exact) mass is 370 g/mol. The van der Waals surface area contributed by atoms with Crippen LogP contribution in [0.5, 0.6) is 0 Å². The second-order valence-electron chi connectivity index (χ2n) is 8.01. The smallest absolute Gasteiger partial charge is 0.171 e. The van der Waals surface area contributed by atoms with Crippen LogP contribution in [-0.2, 0) is 9.47 Å². The number of ether oxygens (including phenoxy) is 2. The normalized spacial score (nSPS) is 13.3. The molecule has 0 aliphatic carbocycles. The molecular weight excluding hydrogens is 320 g/mol. The van der Waals surface area contributed by atoms with Crippen LogP contribution in [0.3, 0.4) is 0 Å². The van der Waals surface area contributed by atoms with Crippen molar-refractivity contribution in [2.45, 2.75) is 137 Å². The topological polar surface area (TPSA) is 18.5 Å². The van der Waals surface area contributed by atoms with Gasteiger partial charge in [-0.3, -0.25) is 0 Å². The molecule has 0 heterocycles. The van der Waals surface area contributed by atoms with Crippen molar-refractivity contribution in [3.05, 3.63) is 0 Å². The van der Waals surface area contributed by atoms with Crippen molar-refractivity contribution < 1.29 is 9.47 Å². The largest absolute Gasteiger partial charge is 0.350 e. The van der Waals surface area contributed by atoms with Crippen molar-refractivity contribution in [2.24, 2.45) is 5.92 Å². The molecule has 1 unspecified atom stereocenters. The lowest BCUT2D eigenvalue weighted by Crippen LogP contribution is -2.44. The van der Waals surface area contributed by atoms with Gasteiger partial charge in [-0.1, -0.05) is 98.8 Å². The first kappa shape index (κ1) is 25.9. The van der Waals surface area contributed by atoms with E-state index in [2.05, 4.69) is 34.6 Å². The van der Waals surface area contributed by atoms with Gasteiger partial charge in [-0.05, 0) is 25.7 Å². The van der Waals surface area contributed by atoms with Crippen LogP contribution in [0.2, 0.25) is 0 Å². The van der Waals surface area contributed by atoms with Gasteiger partial charge in [0.05, 0.1) is 13.2 Å². The molecule has 1 atom stereocenters. The van der Waals surface area contributed by atoms with Gasteiger partial charge >= 0.3 is 0 Å². The fourth-order valence-corrected chi connectivity index (χ4v) is 3.86. The minimum Gasteiger partial charge on any atom is -0.350 e. The molecule has 0 spiro atoms. The molecule has 0 radical (unpaired) electrons. The lowest BCUT2D eigenvalue weighted by molar-refractivity contribution is -0.274. The molecule has 2 nitrogen and oxygen atoms in total. The highest BCUT2D eigenvalue weighted by molar-refractivity contribution is 4.80. The minimum absolute atomic E-state index is 0.335. The SMILES string of the molecule is CCCCCCCCC(CCC)C(CCC)(OCCCC)OCCCC. The first-order valence-corrected chi connectivity index (χ1v) is 12.0. The van der Waals surface area contributed by atoms with E-state index in [0.29, 0.717) is 5.92 Å². The zero-order valence-corrected chi connectivity index (χ0v) is 18.9. The summed E-state index contributed by atoms with van der Waals surface area (Å²) in [7, 11) is 0. The van der Waals surface area contributed by atoms with Crippen LogP contribution in [0.1, 0.15) is 131 Å². The summed E-state index contributed by atoms with van der Waals surface area (Å²) in [5, 5.41) is 0. The Morgan fingerprint density at radius 3 is 1.58 bits per heavy atom.